The maximum Gasteiger partial charge on any atom is 0.229 e. The van der Waals surface area contributed by atoms with Gasteiger partial charge in [-0.15, -0.1) is 0 Å². The second-order valence-electron chi connectivity index (χ2n) is 8.96. The van der Waals surface area contributed by atoms with E-state index in [1.165, 1.54) is 0 Å². The van der Waals surface area contributed by atoms with Gasteiger partial charge >= 0.3 is 0 Å². The van der Waals surface area contributed by atoms with Crippen LogP contribution in [-0.2, 0) is 10.0 Å². The van der Waals surface area contributed by atoms with Gasteiger partial charge in [-0.2, -0.15) is 0 Å². The molecule has 0 bridgehead atoms. The van der Waals surface area contributed by atoms with Crippen LogP contribution in [0.2, 0.25) is 0 Å². The van der Waals surface area contributed by atoms with Gasteiger partial charge in [0, 0.05) is 29.5 Å². The van der Waals surface area contributed by atoms with Gasteiger partial charge in [-0.25, -0.2) is 8.42 Å². The minimum absolute atomic E-state index is 0.189. The Kier molecular flexibility index (Phi) is 6.27. The summed E-state index contributed by atoms with van der Waals surface area (Å²) < 4.78 is 28.4. The molecule has 2 aromatic heterocycles. The van der Waals surface area contributed by atoms with Gasteiger partial charge in [0.1, 0.15) is 6.04 Å². The van der Waals surface area contributed by atoms with Gasteiger partial charge in [-0.3, -0.25) is 9.71 Å². The number of hydrogen-bond acceptors (Lipinski definition) is 4. The van der Waals surface area contributed by atoms with E-state index < -0.39 is 10.0 Å². The SMILES string of the molecule is Cc1cc(N2C(=S)NC(c3ccccn3)C2c2cccn2-c2ccccc2C)ccc1NS(C)(=O)=O. The molecule has 4 aromatic rings. The summed E-state index contributed by atoms with van der Waals surface area (Å²) in [6.45, 7) is 3.98. The number of sulfonamides is 1. The van der Waals surface area contributed by atoms with E-state index in [1.54, 1.807) is 12.3 Å². The molecule has 0 saturated carbocycles. The molecule has 0 amide bonds. The maximum atomic E-state index is 11.8. The van der Waals surface area contributed by atoms with Crippen LogP contribution in [-0.4, -0.2) is 29.3 Å². The third-order valence-corrected chi connectivity index (χ3v) is 7.25. The number of benzene rings is 2. The fraction of sp³-hybridized carbons (Fsp3) is 0.185. The van der Waals surface area contributed by atoms with Gasteiger partial charge < -0.3 is 14.8 Å². The van der Waals surface area contributed by atoms with Crippen molar-refractivity contribution >= 4 is 38.7 Å². The van der Waals surface area contributed by atoms with Crippen LogP contribution in [0, 0.1) is 13.8 Å². The summed E-state index contributed by atoms with van der Waals surface area (Å²) in [4.78, 5) is 6.73. The van der Waals surface area contributed by atoms with Gasteiger partial charge in [-0.1, -0.05) is 24.3 Å². The predicted octanol–water partition coefficient (Wildman–Crippen LogP) is 5.04. The average molecular weight is 518 g/mol. The lowest BCUT2D eigenvalue weighted by atomic mass is 10.00. The monoisotopic (exact) mass is 517 g/mol. The highest BCUT2D eigenvalue weighted by Crippen LogP contribution is 2.43. The molecular formula is C27H27N5O2S2. The molecule has 1 aliphatic rings. The van der Waals surface area contributed by atoms with E-state index in [1.807, 2.05) is 55.5 Å². The van der Waals surface area contributed by atoms with E-state index in [2.05, 4.69) is 55.8 Å². The molecule has 7 nitrogen and oxygen atoms in total. The van der Waals surface area contributed by atoms with Crippen LogP contribution >= 0.6 is 12.2 Å². The average Bonchev–Trinajstić information content (AvgIpc) is 3.44. The fourth-order valence-electron chi connectivity index (χ4n) is 4.73. The van der Waals surface area contributed by atoms with Crippen molar-refractivity contribution in [2.75, 3.05) is 15.9 Å². The summed E-state index contributed by atoms with van der Waals surface area (Å²) >= 11 is 5.87. The zero-order valence-corrected chi connectivity index (χ0v) is 21.8. The quantitative estimate of drug-likeness (QED) is 0.349. The molecule has 0 radical (unpaired) electrons. The second-order valence-corrected chi connectivity index (χ2v) is 11.1. The first-order valence-electron chi connectivity index (χ1n) is 11.6. The first-order chi connectivity index (χ1) is 17.2. The van der Waals surface area contributed by atoms with E-state index in [0.717, 1.165) is 40.1 Å². The van der Waals surface area contributed by atoms with E-state index in [9.17, 15) is 8.42 Å². The van der Waals surface area contributed by atoms with Crippen molar-refractivity contribution in [2.45, 2.75) is 25.9 Å². The lowest BCUT2D eigenvalue weighted by Gasteiger charge is -2.29. The van der Waals surface area contributed by atoms with Crippen molar-refractivity contribution in [1.82, 2.24) is 14.9 Å². The number of aromatic nitrogens is 2. The molecule has 1 aliphatic heterocycles. The minimum Gasteiger partial charge on any atom is -0.351 e. The number of hydrogen-bond donors (Lipinski definition) is 2. The molecule has 5 rings (SSSR count). The zero-order valence-electron chi connectivity index (χ0n) is 20.2. The van der Waals surface area contributed by atoms with Gasteiger partial charge in [-0.05, 0) is 85.7 Å². The Balaban J connectivity index is 1.65. The molecule has 2 N–H and O–H groups in total. The smallest absolute Gasteiger partial charge is 0.229 e. The number of para-hydroxylation sites is 1. The Morgan fingerprint density at radius 1 is 0.972 bits per heavy atom. The van der Waals surface area contributed by atoms with Gasteiger partial charge in [0.15, 0.2) is 5.11 Å². The molecule has 0 spiro atoms. The van der Waals surface area contributed by atoms with Crippen molar-refractivity contribution in [1.29, 1.82) is 0 Å². The highest BCUT2D eigenvalue weighted by molar-refractivity contribution is 7.92. The van der Waals surface area contributed by atoms with Crippen LogP contribution in [0.3, 0.4) is 0 Å². The molecule has 2 aromatic carbocycles. The molecule has 1 saturated heterocycles. The number of rotatable bonds is 6. The van der Waals surface area contributed by atoms with Crippen LogP contribution in [0.5, 0.6) is 0 Å². The number of nitrogens with one attached hydrogen (secondary N) is 2. The van der Waals surface area contributed by atoms with Crippen LogP contribution < -0.4 is 14.9 Å². The summed E-state index contributed by atoms with van der Waals surface area (Å²) in [7, 11) is -3.39. The summed E-state index contributed by atoms with van der Waals surface area (Å²) in [6, 6.07) is 23.5. The fourth-order valence-corrected chi connectivity index (χ4v) is 5.71. The van der Waals surface area contributed by atoms with E-state index in [0.29, 0.717) is 10.8 Å². The summed E-state index contributed by atoms with van der Waals surface area (Å²) in [5.74, 6) is 0. The molecule has 3 heterocycles. The Labute approximate surface area is 216 Å². The normalized spacial score (nSPS) is 17.8. The van der Waals surface area contributed by atoms with E-state index in [4.69, 9.17) is 12.2 Å². The number of pyridine rings is 1. The second kappa shape index (κ2) is 9.40. The van der Waals surface area contributed by atoms with E-state index in [-0.39, 0.29) is 12.1 Å². The zero-order chi connectivity index (χ0) is 25.4. The lowest BCUT2D eigenvalue weighted by molar-refractivity contribution is 0.549. The number of nitrogens with zero attached hydrogens (tertiary/aromatic N) is 3. The van der Waals surface area contributed by atoms with Crippen LogP contribution in [0.4, 0.5) is 11.4 Å². The largest absolute Gasteiger partial charge is 0.351 e. The Bertz CT molecular complexity index is 1530. The summed E-state index contributed by atoms with van der Waals surface area (Å²) in [5, 5.41) is 4.07. The highest BCUT2D eigenvalue weighted by atomic mass is 32.2. The van der Waals surface area contributed by atoms with Crippen LogP contribution in [0.15, 0.2) is 85.2 Å². The number of aryl methyl sites for hydroxylation is 2. The van der Waals surface area contributed by atoms with Crippen molar-refractivity contribution < 1.29 is 8.42 Å². The molecule has 2 atom stereocenters. The Hall–Kier alpha value is -3.69. The molecule has 0 aliphatic carbocycles. The number of thiocarbonyl (C=S) groups is 1. The standard InChI is InChI=1S/C27H27N5O2S2/c1-18-9-4-5-11-23(18)31-16-8-12-24(31)26-25(22-10-6-7-15-28-22)29-27(35)32(26)20-13-14-21(19(2)17-20)30-36(3,33)34/h4-17,25-26,30H,1-3H3,(H,29,35). The van der Waals surface area contributed by atoms with Gasteiger partial charge in [0.25, 0.3) is 0 Å². The predicted molar refractivity (Wildman–Crippen MR) is 148 cm³/mol. The van der Waals surface area contributed by atoms with Crippen molar-refractivity contribution in [3.05, 3.63) is 108 Å². The van der Waals surface area contributed by atoms with Crippen LogP contribution in [0.1, 0.15) is 34.6 Å². The third kappa shape index (κ3) is 4.59. The number of anilines is 2. The van der Waals surface area contributed by atoms with E-state index >= 15 is 0 Å². The van der Waals surface area contributed by atoms with Crippen molar-refractivity contribution in [3.8, 4) is 5.69 Å². The highest BCUT2D eigenvalue weighted by Gasteiger charge is 2.42. The maximum absolute atomic E-state index is 11.8. The third-order valence-electron chi connectivity index (χ3n) is 6.34. The molecule has 36 heavy (non-hydrogen) atoms. The first-order valence-corrected chi connectivity index (χ1v) is 13.9. The lowest BCUT2D eigenvalue weighted by Crippen LogP contribution is -2.30. The summed E-state index contributed by atoms with van der Waals surface area (Å²) in [6.07, 6.45) is 5.00. The molecule has 184 valence electrons. The molecule has 1 fully saturated rings. The minimum atomic E-state index is -3.39. The van der Waals surface area contributed by atoms with Crippen molar-refractivity contribution in [3.63, 3.8) is 0 Å². The molecule has 2 unspecified atom stereocenters. The van der Waals surface area contributed by atoms with Crippen molar-refractivity contribution in [2.24, 2.45) is 0 Å². The Morgan fingerprint density at radius 2 is 1.75 bits per heavy atom. The van der Waals surface area contributed by atoms with Gasteiger partial charge in [0.05, 0.1) is 23.7 Å². The topological polar surface area (TPSA) is 79.3 Å². The van der Waals surface area contributed by atoms with Crippen LogP contribution in [0.25, 0.3) is 5.69 Å². The first kappa shape index (κ1) is 24.0. The van der Waals surface area contributed by atoms with Gasteiger partial charge in [0.2, 0.25) is 10.0 Å². The molecule has 9 heteroatoms. The summed E-state index contributed by atoms with van der Waals surface area (Å²) in [5.41, 5.74) is 6.41. The Morgan fingerprint density at radius 3 is 2.44 bits per heavy atom. The molecular weight excluding hydrogens is 490 g/mol.